The fourth-order valence-electron chi connectivity index (χ4n) is 2.71. The molecule has 19 heavy (non-hydrogen) atoms. The molecule has 0 spiro atoms. The molecule has 1 saturated heterocycles. The van der Waals surface area contributed by atoms with E-state index in [2.05, 4.69) is 35.9 Å². The summed E-state index contributed by atoms with van der Waals surface area (Å²) in [5, 5.41) is 3.68. The van der Waals surface area contributed by atoms with Gasteiger partial charge in [0.15, 0.2) is 0 Å². The topological polar surface area (TPSA) is 34.2 Å². The maximum atomic E-state index is 5.50. The molecule has 0 amide bonds. The van der Waals surface area contributed by atoms with Gasteiger partial charge < -0.3 is 10.1 Å². The molecule has 1 N–H and O–H groups in total. The number of methoxy groups -OCH3 is 1. The Morgan fingerprint density at radius 1 is 1.58 bits per heavy atom. The fraction of sp³-hybridized carbons (Fsp3) is 0.667. The van der Waals surface area contributed by atoms with E-state index in [1.807, 2.05) is 18.3 Å². The van der Waals surface area contributed by atoms with Crippen LogP contribution in [-0.4, -0.2) is 29.1 Å². The fourth-order valence-corrected chi connectivity index (χ4v) is 4.12. The number of ether oxygens (including phenoxy) is 1. The summed E-state index contributed by atoms with van der Waals surface area (Å²) >= 11 is 2.06. The summed E-state index contributed by atoms with van der Waals surface area (Å²) in [7, 11) is 1.72. The van der Waals surface area contributed by atoms with Crippen molar-refractivity contribution in [2.75, 3.05) is 19.4 Å². The second-order valence-electron chi connectivity index (χ2n) is 5.24. The first-order valence-electron chi connectivity index (χ1n) is 7.07. The van der Waals surface area contributed by atoms with Crippen LogP contribution in [0.2, 0.25) is 0 Å². The first-order chi connectivity index (χ1) is 9.21. The first kappa shape index (κ1) is 14.7. The smallest absolute Gasteiger partial charge is 0.142 e. The van der Waals surface area contributed by atoms with Crippen LogP contribution >= 0.6 is 11.8 Å². The van der Waals surface area contributed by atoms with Crippen molar-refractivity contribution in [2.24, 2.45) is 0 Å². The van der Waals surface area contributed by atoms with Crippen LogP contribution in [0.1, 0.15) is 44.8 Å². The molecule has 3 nitrogen and oxygen atoms in total. The largest absolute Gasteiger partial charge is 0.495 e. The molecule has 1 aromatic rings. The number of hydrogen-bond donors (Lipinski definition) is 1. The second-order valence-corrected chi connectivity index (χ2v) is 6.87. The standard InChI is InChI=1S/C15H24N2OS/c1-4-9-17-14(15(2)8-6-11-19-15)13-12(18-3)7-5-10-16-13/h5,7,10,14,17H,4,6,8-9,11H2,1-3H3. The molecule has 1 fully saturated rings. The third-order valence-electron chi connectivity index (χ3n) is 3.75. The Morgan fingerprint density at radius 3 is 3.05 bits per heavy atom. The highest BCUT2D eigenvalue weighted by Gasteiger charge is 2.40. The lowest BCUT2D eigenvalue weighted by atomic mass is 9.92. The molecule has 106 valence electrons. The molecule has 4 heteroatoms. The number of hydrogen-bond acceptors (Lipinski definition) is 4. The maximum absolute atomic E-state index is 5.50. The van der Waals surface area contributed by atoms with Gasteiger partial charge in [0, 0.05) is 10.9 Å². The third kappa shape index (κ3) is 3.23. The van der Waals surface area contributed by atoms with E-state index >= 15 is 0 Å². The molecule has 0 bridgehead atoms. The number of nitrogens with one attached hydrogen (secondary N) is 1. The zero-order valence-electron chi connectivity index (χ0n) is 12.1. The van der Waals surface area contributed by atoms with Gasteiger partial charge in [-0.15, -0.1) is 0 Å². The van der Waals surface area contributed by atoms with E-state index in [-0.39, 0.29) is 10.8 Å². The highest BCUT2D eigenvalue weighted by molar-refractivity contribution is 8.00. The van der Waals surface area contributed by atoms with E-state index in [9.17, 15) is 0 Å². The van der Waals surface area contributed by atoms with E-state index in [4.69, 9.17) is 4.74 Å². The normalized spacial score (nSPS) is 24.4. The van der Waals surface area contributed by atoms with Gasteiger partial charge in [-0.3, -0.25) is 4.98 Å². The molecule has 2 atom stereocenters. The second kappa shape index (κ2) is 6.62. The SMILES string of the molecule is CCCNC(c1ncccc1OC)C1(C)CCCS1. The molecule has 1 aromatic heterocycles. The lowest BCUT2D eigenvalue weighted by Crippen LogP contribution is -2.38. The van der Waals surface area contributed by atoms with Gasteiger partial charge in [-0.05, 0) is 50.6 Å². The molecule has 1 aliphatic heterocycles. The number of pyridine rings is 1. The van der Waals surface area contributed by atoms with Crippen LogP contribution in [0, 0.1) is 0 Å². The summed E-state index contributed by atoms with van der Waals surface area (Å²) in [6.45, 7) is 5.57. The van der Waals surface area contributed by atoms with E-state index in [1.165, 1.54) is 18.6 Å². The van der Waals surface area contributed by atoms with Crippen molar-refractivity contribution >= 4 is 11.8 Å². The van der Waals surface area contributed by atoms with Crippen molar-refractivity contribution in [1.29, 1.82) is 0 Å². The summed E-state index contributed by atoms with van der Waals surface area (Å²) in [5.74, 6) is 2.14. The first-order valence-corrected chi connectivity index (χ1v) is 8.06. The Bertz CT molecular complexity index is 405. The summed E-state index contributed by atoms with van der Waals surface area (Å²) in [6, 6.07) is 4.20. The average Bonchev–Trinajstić information content (AvgIpc) is 2.87. The van der Waals surface area contributed by atoms with Gasteiger partial charge in [0.05, 0.1) is 13.2 Å². The van der Waals surface area contributed by atoms with Crippen LogP contribution in [0.25, 0.3) is 0 Å². The van der Waals surface area contributed by atoms with E-state index in [0.717, 1.165) is 24.4 Å². The molecule has 0 saturated carbocycles. The Kier molecular flexibility index (Phi) is 5.11. The van der Waals surface area contributed by atoms with Crippen LogP contribution in [-0.2, 0) is 0 Å². The molecular weight excluding hydrogens is 256 g/mol. The van der Waals surface area contributed by atoms with Gasteiger partial charge in [-0.1, -0.05) is 6.92 Å². The molecule has 2 unspecified atom stereocenters. The molecule has 0 radical (unpaired) electrons. The lowest BCUT2D eigenvalue weighted by molar-refractivity contribution is 0.364. The number of aromatic nitrogens is 1. The van der Waals surface area contributed by atoms with Crippen LogP contribution in [0.5, 0.6) is 5.75 Å². The van der Waals surface area contributed by atoms with Crippen molar-refractivity contribution < 1.29 is 4.74 Å². The van der Waals surface area contributed by atoms with E-state index in [1.54, 1.807) is 7.11 Å². The minimum Gasteiger partial charge on any atom is -0.495 e. The minimum atomic E-state index is 0.219. The predicted molar refractivity (Wildman–Crippen MR) is 81.9 cm³/mol. The lowest BCUT2D eigenvalue weighted by Gasteiger charge is -2.34. The Labute approximate surface area is 120 Å². The maximum Gasteiger partial charge on any atom is 0.142 e. The Hall–Kier alpha value is -0.740. The zero-order chi connectivity index (χ0) is 13.7. The molecule has 2 heterocycles. The van der Waals surface area contributed by atoms with Gasteiger partial charge in [0.1, 0.15) is 11.4 Å². The van der Waals surface area contributed by atoms with Gasteiger partial charge in [-0.2, -0.15) is 11.8 Å². The number of nitrogens with zero attached hydrogens (tertiary/aromatic N) is 1. The van der Waals surface area contributed by atoms with Crippen LogP contribution < -0.4 is 10.1 Å². The number of rotatable bonds is 6. The predicted octanol–water partition coefficient (Wildman–Crippen LogP) is 3.42. The average molecular weight is 280 g/mol. The monoisotopic (exact) mass is 280 g/mol. The van der Waals surface area contributed by atoms with Crippen LogP contribution in [0.4, 0.5) is 0 Å². The van der Waals surface area contributed by atoms with E-state index < -0.39 is 0 Å². The summed E-state index contributed by atoms with van der Waals surface area (Å²) in [4.78, 5) is 4.59. The Morgan fingerprint density at radius 2 is 2.42 bits per heavy atom. The van der Waals surface area contributed by atoms with Crippen LogP contribution in [0.3, 0.4) is 0 Å². The molecule has 1 aliphatic rings. The van der Waals surface area contributed by atoms with Gasteiger partial charge in [0.25, 0.3) is 0 Å². The van der Waals surface area contributed by atoms with Gasteiger partial charge in [0.2, 0.25) is 0 Å². The van der Waals surface area contributed by atoms with Crippen molar-refractivity contribution in [2.45, 2.75) is 43.9 Å². The van der Waals surface area contributed by atoms with E-state index in [0.29, 0.717) is 0 Å². The minimum absolute atomic E-state index is 0.219. The molecule has 2 rings (SSSR count). The molecule has 0 aliphatic carbocycles. The van der Waals surface area contributed by atoms with Gasteiger partial charge >= 0.3 is 0 Å². The van der Waals surface area contributed by atoms with Crippen molar-refractivity contribution in [1.82, 2.24) is 10.3 Å². The summed E-state index contributed by atoms with van der Waals surface area (Å²) in [5.41, 5.74) is 1.05. The van der Waals surface area contributed by atoms with Crippen molar-refractivity contribution in [3.05, 3.63) is 24.0 Å². The quantitative estimate of drug-likeness (QED) is 0.866. The zero-order valence-corrected chi connectivity index (χ0v) is 12.9. The van der Waals surface area contributed by atoms with Gasteiger partial charge in [-0.25, -0.2) is 0 Å². The number of thioether (sulfide) groups is 1. The third-order valence-corrected chi connectivity index (χ3v) is 5.34. The molecule has 0 aromatic carbocycles. The highest BCUT2D eigenvalue weighted by Crippen LogP contribution is 2.47. The van der Waals surface area contributed by atoms with Crippen molar-refractivity contribution in [3.63, 3.8) is 0 Å². The Balaban J connectivity index is 2.31. The molecular formula is C15H24N2OS. The van der Waals surface area contributed by atoms with Crippen molar-refractivity contribution in [3.8, 4) is 5.75 Å². The van der Waals surface area contributed by atoms with Crippen LogP contribution in [0.15, 0.2) is 18.3 Å². The highest BCUT2D eigenvalue weighted by atomic mass is 32.2. The summed E-state index contributed by atoms with van der Waals surface area (Å²) in [6.07, 6.45) is 5.52. The summed E-state index contributed by atoms with van der Waals surface area (Å²) < 4.78 is 5.72.